The van der Waals surface area contributed by atoms with Crippen LogP contribution in [0.5, 0.6) is 0 Å². The van der Waals surface area contributed by atoms with Gasteiger partial charge in [-0.2, -0.15) is 0 Å². The van der Waals surface area contributed by atoms with Gasteiger partial charge in [0.05, 0.1) is 0 Å². The number of unbranched alkanes of at least 4 members (excludes halogenated alkanes) is 3. The average Bonchev–Trinajstić information content (AvgIpc) is 2.48. The van der Waals surface area contributed by atoms with Gasteiger partial charge in [0.15, 0.2) is 0 Å². The first-order valence-corrected chi connectivity index (χ1v) is 8.34. The quantitative estimate of drug-likeness (QED) is 0.450. The highest BCUT2D eigenvalue weighted by molar-refractivity contribution is 5.25. The van der Waals surface area contributed by atoms with Gasteiger partial charge in [0.25, 0.3) is 0 Å². The molecule has 1 aromatic rings. The third-order valence-electron chi connectivity index (χ3n) is 4.41. The maximum atomic E-state index is 2.36. The Bertz CT molecular complexity index is 290. The first-order valence-electron chi connectivity index (χ1n) is 8.34. The van der Waals surface area contributed by atoms with E-state index in [9.17, 15) is 0 Å². The smallest absolute Gasteiger partial charge is 0.00470 e. The zero-order valence-electron chi connectivity index (χ0n) is 13.3. The summed E-state index contributed by atoms with van der Waals surface area (Å²) in [6.45, 7) is 6.94. The lowest BCUT2D eigenvalue weighted by molar-refractivity contribution is 0.309. The largest absolute Gasteiger partial charge is 0.0654 e. The van der Waals surface area contributed by atoms with Crippen LogP contribution in [0.2, 0.25) is 0 Å². The minimum absolute atomic E-state index is 0.448. The lowest BCUT2D eigenvalue weighted by Gasteiger charge is -2.35. The average molecular weight is 260 g/mol. The molecule has 0 radical (unpaired) electrons. The Balaban J connectivity index is 2.94. The van der Waals surface area contributed by atoms with Gasteiger partial charge in [-0.1, -0.05) is 89.6 Å². The van der Waals surface area contributed by atoms with Gasteiger partial charge in [-0.25, -0.2) is 0 Å². The molecule has 0 unspecified atom stereocenters. The molecule has 1 aromatic carbocycles. The van der Waals surface area contributed by atoms with Crippen LogP contribution in [-0.4, -0.2) is 0 Å². The second-order valence-corrected chi connectivity index (χ2v) is 5.96. The molecule has 0 spiro atoms. The predicted octanol–water partition coefficient (Wildman–Crippen LogP) is 6.50. The Kier molecular flexibility index (Phi) is 7.86. The van der Waals surface area contributed by atoms with E-state index in [1.807, 2.05) is 0 Å². The molecule has 108 valence electrons. The molecule has 0 saturated carbocycles. The summed E-state index contributed by atoms with van der Waals surface area (Å²) in [5.74, 6) is 0. The molecule has 0 saturated heterocycles. The summed E-state index contributed by atoms with van der Waals surface area (Å²) in [7, 11) is 0. The van der Waals surface area contributed by atoms with Gasteiger partial charge in [0.2, 0.25) is 0 Å². The SMILES string of the molecule is CCCCC(CCCC)(CCCC)c1ccccc1. The van der Waals surface area contributed by atoms with Crippen LogP contribution in [0.3, 0.4) is 0 Å². The molecule has 1 rings (SSSR count). The zero-order valence-corrected chi connectivity index (χ0v) is 13.3. The summed E-state index contributed by atoms with van der Waals surface area (Å²) >= 11 is 0. The van der Waals surface area contributed by atoms with Crippen LogP contribution >= 0.6 is 0 Å². The van der Waals surface area contributed by atoms with Crippen molar-refractivity contribution in [2.75, 3.05) is 0 Å². The van der Waals surface area contributed by atoms with Crippen molar-refractivity contribution in [3.8, 4) is 0 Å². The topological polar surface area (TPSA) is 0 Å². The monoisotopic (exact) mass is 260 g/mol. The summed E-state index contributed by atoms with van der Waals surface area (Å²) in [6, 6.07) is 11.3. The highest BCUT2D eigenvalue weighted by Gasteiger charge is 2.29. The Morgan fingerprint density at radius 2 is 1.11 bits per heavy atom. The molecule has 0 aliphatic carbocycles. The molecule has 0 aliphatic rings. The molecular weight excluding hydrogens is 228 g/mol. The Morgan fingerprint density at radius 3 is 1.47 bits per heavy atom. The van der Waals surface area contributed by atoms with Gasteiger partial charge in [-0.3, -0.25) is 0 Å². The second kappa shape index (κ2) is 9.18. The van der Waals surface area contributed by atoms with Crippen LogP contribution in [0.15, 0.2) is 30.3 Å². The fourth-order valence-corrected chi connectivity index (χ4v) is 3.15. The molecular formula is C19H32. The first kappa shape index (κ1) is 16.3. The molecule has 0 heteroatoms. The highest BCUT2D eigenvalue weighted by Crippen LogP contribution is 2.39. The van der Waals surface area contributed by atoms with Gasteiger partial charge in [-0.15, -0.1) is 0 Å². The van der Waals surface area contributed by atoms with Crippen molar-refractivity contribution in [1.82, 2.24) is 0 Å². The lowest BCUT2D eigenvalue weighted by Crippen LogP contribution is -2.26. The van der Waals surface area contributed by atoms with Crippen molar-refractivity contribution >= 4 is 0 Å². The van der Waals surface area contributed by atoms with Crippen LogP contribution < -0.4 is 0 Å². The molecule has 0 heterocycles. The Hall–Kier alpha value is -0.780. The van der Waals surface area contributed by atoms with Crippen molar-refractivity contribution in [2.24, 2.45) is 0 Å². The molecule has 0 N–H and O–H groups in total. The Labute approximate surface area is 120 Å². The van der Waals surface area contributed by atoms with E-state index < -0.39 is 0 Å². The summed E-state index contributed by atoms with van der Waals surface area (Å²) in [5.41, 5.74) is 2.04. The maximum Gasteiger partial charge on any atom is -0.00470 e. The summed E-state index contributed by atoms with van der Waals surface area (Å²) in [6.07, 6.45) is 12.1. The van der Waals surface area contributed by atoms with Crippen molar-refractivity contribution in [1.29, 1.82) is 0 Å². The predicted molar refractivity (Wildman–Crippen MR) is 86.7 cm³/mol. The van der Waals surface area contributed by atoms with Gasteiger partial charge in [-0.05, 0) is 30.2 Å². The number of benzene rings is 1. The number of hydrogen-bond donors (Lipinski definition) is 0. The van der Waals surface area contributed by atoms with Crippen molar-refractivity contribution in [3.05, 3.63) is 35.9 Å². The van der Waals surface area contributed by atoms with Gasteiger partial charge in [0, 0.05) is 0 Å². The van der Waals surface area contributed by atoms with Gasteiger partial charge in [0.1, 0.15) is 0 Å². The molecule has 0 aliphatic heterocycles. The van der Waals surface area contributed by atoms with E-state index in [4.69, 9.17) is 0 Å². The second-order valence-electron chi connectivity index (χ2n) is 5.96. The molecule has 0 aromatic heterocycles. The maximum absolute atomic E-state index is 2.36. The van der Waals surface area contributed by atoms with E-state index in [-0.39, 0.29) is 0 Å². The normalized spacial score (nSPS) is 11.7. The van der Waals surface area contributed by atoms with Crippen LogP contribution in [-0.2, 0) is 5.41 Å². The van der Waals surface area contributed by atoms with Crippen molar-refractivity contribution in [3.63, 3.8) is 0 Å². The van der Waals surface area contributed by atoms with Crippen LogP contribution in [0.1, 0.15) is 84.1 Å². The minimum atomic E-state index is 0.448. The molecule has 0 nitrogen and oxygen atoms in total. The van der Waals surface area contributed by atoms with Crippen molar-refractivity contribution < 1.29 is 0 Å². The number of rotatable bonds is 10. The van der Waals surface area contributed by atoms with E-state index in [0.717, 1.165) is 0 Å². The lowest BCUT2D eigenvalue weighted by atomic mass is 9.69. The van der Waals surface area contributed by atoms with E-state index >= 15 is 0 Å². The highest BCUT2D eigenvalue weighted by atomic mass is 14.3. The number of hydrogen-bond acceptors (Lipinski definition) is 0. The van der Waals surface area contributed by atoms with E-state index in [1.165, 1.54) is 57.8 Å². The fraction of sp³-hybridized carbons (Fsp3) is 0.684. The molecule has 19 heavy (non-hydrogen) atoms. The van der Waals surface area contributed by atoms with Crippen LogP contribution in [0, 0.1) is 0 Å². The third-order valence-corrected chi connectivity index (χ3v) is 4.41. The standard InChI is InChI=1S/C19H32/c1-4-7-15-19(16-8-5-2,17-9-6-3)18-13-11-10-12-14-18/h10-14H,4-9,15-17H2,1-3H3. The zero-order chi connectivity index (χ0) is 14.0. The summed E-state index contributed by atoms with van der Waals surface area (Å²) in [4.78, 5) is 0. The van der Waals surface area contributed by atoms with E-state index in [1.54, 1.807) is 5.56 Å². The summed E-state index contributed by atoms with van der Waals surface area (Å²) < 4.78 is 0. The van der Waals surface area contributed by atoms with E-state index in [2.05, 4.69) is 51.1 Å². The van der Waals surface area contributed by atoms with Crippen molar-refractivity contribution in [2.45, 2.75) is 84.0 Å². The third kappa shape index (κ3) is 5.01. The Morgan fingerprint density at radius 1 is 0.684 bits per heavy atom. The molecule has 0 fully saturated rings. The van der Waals surface area contributed by atoms with Crippen LogP contribution in [0.4, 0.5) is 0 Å². The molecule has 0 amide bonds. The van der Waals surface area contributed by atoms with Gasteiger partial charge < -0.3 is 0 Å². The minimum Gasteiger partial charge on any atom is -0.0654 e. The van der Waals surface area contributed by atoms with Crippen LogP contribution in [0.25, 0.3) is 0 Å². The first-order chi connectivity index (χ1) is 9.29. The molecule has 0 bridgehead atoms. The van der Waals surface area contributed by atoms with E-state index in [0.29, 0.717) is 5.41 Å². The fourth-order valence-electron chi connectivity index (χ4n) is 3.15. The molecule has 0 atom stereocenters. The van der Waals surface area contributed by atoms with Gasteiger partial charge >= 0.3 is 0 Å². The summed E-state index contributed by atoms with van der Waals surface area (Å²) in [5, 5.41) is 0.